The minimum atomic E-state index is -2.63. The van der Waals surface area contributed by atoms with E-state index in [1.165, 1.54) is 18.2 Å². The van der Waals surface area contributed by atoms with Gasteiger partial charge in [-0.1, -0.05) is 0 Å². The molecule has 1 atom stereocenters. The Hall–Kier alpha value is -2.64. The number of ketones is 3. The third kappa shape index (κ3) is 4.01. The van der Waals surface area contributed by atoms with Crippen LogP contribution in [0.5, 0.6) is 0 Å². The Morgan fingerprint density at radius 2 is 1.08 bits per heavy atom. The van der Waals surface area contributed by atoms with E-state index in [-0.39, 0.29) is 0 Å². The average molecular weight is 335 g/mol. The fourth-order valence-corrected chi connectivity index (χ4v) is 2.67. The molecule has 0 aromatic rings. The maximum Gasteiger partial charge on any atom is 0.168 e. The summed E-state index contributed by atoms with van der Waals surface area (Å²) in [5, 5.41) is 54.5. The molecule has 128 valence electrons. The van der Waals surface area contributed by atoms with Crippen LogP contribution in [-0.4, -0.2) is 52.5 Å². The molecule has 0 saturated carbocycles. The maximum atomic E-state index is 12.5. The van der Waals surface area contributed by atoms with Gasteiger partial charge in [-0.15, -0.1) is 0 Å². The zero-order valence-corrected chi connectivity index (χ0v) is 12.8. The molecule has 0 spiro atoms. The van der Waals surface area contributed by atoms with Gasteiger partial charge in [0.15, 0.2) is 22.8 Å². The molecule has 0 aromatic heterocycles. The molecule has 0 bridgehead atoms. The molecule has 3 N–H and O–H groups in total. The van der Waals surface area contributed by atoms with Crippen molar-refractivity contribution in [3.05, 3.63) is 0 Å². The van der Waals surface area contributed by atoms with Crippen LogP contribution in [0.4, 0.5) is 0 Å². The Morgan fingerprint density at radius 1 is 0.750 bits per heavy atom. The molecule has 0 heterocycles. The van der Waals surface area contributed by atoms with E-state index in [0.29, 0.717) is 0 Å². The summed E-state index contributed by atoms with van der Waals surface area (Å²) in [6, 6.07) is 4.48. The standard InChI is InChI=1S/C15H17N3O6/c16-4-1-12(22)15(13(23)2-5-17,14(24)3-6-18)11(9-21)10(7-19)8-20/h10-11,19-21H,1-3,7-9H2. The first-order valence-electron chi connectivity index (χ1n) is 6.95. The van der Waals surface area contributed by atoms with Crippen molar-refractivity contribution in [2.45, 2.75) is 19.3 Å². The molecule has 9 heteroatoms. The van der Waals surface area contributed by atoms with Crippen molar-refractivity contribution < 1.29 is 29.7 Å². The van der Waals surface area contributed by atoms with Gasteiger partial charge in [0.05, 0.1) is 37.5 Å². The zero-order chi connectivity index (χ0) is 18.8. The van der Waals surface area contributed by atoms with E-state index in [9.17, 15) is 29.7 Å². The third-order valence-corrected chi connectivity index (χ3v) is 3.83. The largest absolute Gasteiger partial charge is 0.396 e. The second kappa shape index (κ2) is 10.2. The smallest absolute Gasteiger partial charge is 0.168 e. The third-order valence-electron chi connectivity index (χ3n) is 3.83. The molecular weight excluding hydrogens is 318 g/mol. The van der Waals surface area contributed by atoms with Gasteiger partial charge in [0.25, 0.3) is 0 Å². The Labute approximate surface area is 138 Å². The van der Waals surface area contributed by atoms with E-state index in [1.54, 1.807) is 0 Å². The molecule has 24 heavy (non-hydrogen) atoms. The Bertz CT molecular complexity index is 537. The molecule has 0 aromatic carbocycles. The Kier molecular flexibility index (Phi) is 9.07. The normalized spacial score (nSPS) is 11.9. The van der Waals surface area contributed by atoms with Crippen LogP contribution in [0.15, 0.2) is 0 Å². The van der Waals surface area contributed by atoms with Gasteiger partial charge in [-0.25, -0.2) is 0 Å². The lowest BCUT2D eigenvalue weighted by molar-refractivity contribution is -0.156. The van der Waals surface area contributed by atoms with Crippen LogP contribution in [0, 0.1) is 51.2 Å². The van der Waals surface area contributed by atoms with Gasteiger partial charge in [0, 0.05) is 31.7 Å². The highest BCUT2D eigenvalue weighted by atomic mass is 16.3. The molecule has 0 aliphatic rings. The topological polar surface area (TPSA) is 183 Å². The molecule has 0 amide bonds. The van der Waals surface area contributed by atoms with Crippen molar-refractivity contribution in [3.8, 4) is 18.2 Å². The summed E-state index contributed by atoms with van der Waals surface area (Å²) in [4.78, 5) is 37.4. The highest BCUT2D eigenvalue weighted by Crippen LogP contribution is 2.39. The number of carbonyl (C=O) groups is 3. The molecule has 0 fully saturated rings. The molecule has 0 radical (unpaired) electrons. The van der Waals surface area contributed by atoms with E-state index in [1.807, 2.05) is 0 Å². The summed E-state index contributed by atoms with van der Waals surface area (Å²) < 4.78 is 0. The number of aliphatic hydroxyl groups is 3. The van der Waals surface area contributed by atoms with Gasteiger partial charge >= 0.3 is 0 Å². The predicted molar refractivity (Wildman–Crippen MR) is 76.4 cm³/mol. The number of aliphatic hydroxyl groups excluding tert-OH is 3. The van der Waals surface area contributed by atoms with Gasteiger partial charge in [-0.3, -0.25) is 14.4 Å². The zero-order valence-electron chi connectivity index (χ0n) is 12.8. The monoisotopic (exact) mass is 335 g/mol. The first kappa shape index (κ1) is 21.4. The lowest BCUT2D eigenvalue weighted by Gasteiger charge is -2.38. The number of hydrogen-bond donors (Lipinski definition) is 3. The van der Waals surface area contributed by atoms with Crippen molar-refractivity contribution in [3.63, 3.8) is 0 Å². The quantitative estimate of drug-likeness (QED) is 0.383. The fourth-order valence-electron chi connectivity index (χ4n) is 2.67. The van der Waals surface area contributed by atoms with Crippen molar-refractivity contribution in [1.82, 2.24) is 0 Å². The Balaban J connectivity index is 6.57. The molecule has 0 aliphatic carbocycles. The molecule has 0 aliphatic heterocycles. The first-order chi connectivity index (χ1) is 11.4. The maximum absolute atomic E-state index is 12.5. The number of nitriles is 3. The summed E-state index contributed by atoms with van der Waals surface area (Å²) in [5.41, 5.74) is -2.63. The molecular formula is C15H17N3O6. The number of Topliss-reactive ketones (excluding diaryl/α,β-unsaturated/α-hetero) is 3. The summed E-state index contributed by atoms with van der Waals surface area (Å²) in [7, 11) is 0. The summed E-state index contributed by atoms with van der Waals surface area (Å²) in [6.07, 6.45) is -2.60. The van der Waals surface area contributed by atoms with Crippen LogP contribution in [0.1, 0.15) is 19.3 Å². The van der Waals surface area contributed by atoms with Crippen LogP contribution >= 0.6 is 0 Å². The molecule has 1 unspecified atom stereocenters. The van der Waals surface area contributed by atoms with Crippen LogP contribution in [0.25, 0.3) is 0 Å². The summed E-state index contributed by atoms with van der Waals surface area (Å²) >= 11 is 0. The highest BCUT2D eigenvalue weighted by Gasteiger charge is 2.57. The van der Waals surface area contributed by atoms with Crippen molar-refractivity contribution in [2.24, 2.45) is 17.3 Å². The van der Waals surface area contributed by atoms with E-state index < -0.39 is 73.7 Å². The van der Waals surface area contributed by atoms with Crippen LogP contribution in [-0.2, 0) is 14.4 Å². The molecule has 0 saturated heterocycles. The Morgan fingerprint density at radius 3 is 1.29 bits per heavy atom. The van der Waals surface area contributed by atoms with Crippen molar-refractivity contribution >= 4 is 17.3 Å². The van der Waals surface area contributed by atoms with Crippen molar-refractivity contribution in [1.29, 1.82) is 15.8 Å². The highest BCUT2D eigenvalue weighted by molar-refractivity contribution is 6.25. The van der Waals surface area contributed by atoms with E-state index in [4.69, 9.17) is 15.8 Å². The van der Waals surface area contributed by atoms with Gasteiger partial charge in [-0.05, 0) is 0 Å². The van der Waals surface area contributed by atoms with Crippen molar-refractivity contribution in [2.75, 3.05) is 19.8 Å². The second-order valence-electron chi connectivity index (χ2n) is 5.00. The van der Waals surface area contributed by atoms with Gasteiger partial charge in [0.1, 0.15) is 0 Å². The molecule has 0 rings (SSSR count). The number of nitrogens with zero attached hydrogens (tertiary/aromatic N) is 3. The van der Waals surface area contributed by atoms with Gasteiger partial charge in [0.2, 0.25) is 0 Å². The molecule has 9 nitrogen and oxygen atoms in total. The first-order valence-corrected chi connectivity index (χ1v) is 6.95. The fraction of sp³-hybridized carbons (Fsp3) is 0.600. The summed E-state index contributed by atoms with van der Waals surface area (Å²) in [5.74, 6) is -6.30. The number of hydrogen-bond acceptors (Lipinski definition) is 9. The van der Waals surface area contributed by atoms with E-state index in [2.05, 4.69) is 0 Å². The number of rotatable bonds is 11. The van der Waals surface area contributed by atoms with Gasteiger partial charge < -0.3 is 15.3 Å². The second-order valence-corrected chi connectivity index (χ2v) is 5.00. The predicted octanol–water partition coefficient (Wildman–Crippen LogP) is -1.37. The van der Waals surface area contributed by atoms with Crippen LogP contribution in [0.3, 0.4) is 0 Å². The van der Waals surface area contributed by atoms with Crippen LogP contribution < -0.4 is 0 Å². The SMILES string of the molecule is N#CCC(=O)C(C(=O)CC#N)(C(=O)CC#N)C(CO)C(CO)CO. The lowest BCUT2D eigenvalue weighted by Crippen LogP contribution is -2.56. The van der Waals surface area contributed by atoms with E-state index in [0.717, 1.165) is 0 Å². The van der Waals surface area contributed by atoms with E-state index >= 15 is 0 Å². The van der Waals surface area contributed by atoms with Crippen LogP contribution in [0.2, 0.25) is 0 Å². The number of carbonyl (C=O) groups excluding carboxylic acids is 3. The minimum absolute atomic E-state index is 0.761. The lowest BCUT2D eigenvalue weighted by atomic mass is 9.60. The average Bonchev–Trinajstić information content (AvgIpc) is 2.55. The van der Waals surface area contributed by atoms with Gasteiger partial charge in [-0.2, -0.15) is 15.8 Å². The summed E-state index contributed by atoms with van der Waals surface area (Å²) in [6.45, 7) is -2.47. The minimum Gasteiger partial charge on any atom is -0.396 e.